The van der Waals surface area contributed by atoms with Gasteiger partial charge in [-0.2, -0.15) is 0 Å². The normalized spacial score (nSPS) is 18.7. The molecule has 1 unspecified atom stereocenters. The lowest BCUT2D eigenvalue weighted by Gasteiger charge is -2.23. The van der Waals surface area contributed by atoms with E-state index < -0.39 is 0 Å². The molecule has 0 radical (unpaired) electrons. The number of pyridine rings is 1. The number of rotatable bonds is 3. The molecule has 104 valence electrons. The number of hydrogen-bond acceptors (Lipinski definition) is 5. The number of piperidine rings is 1. The van der Waals surface area contributed by atoms with Gasteiger partial charge in [-0.15, -0.1) is 11.3 Å². The highest BCUT2D eigenvalue weighted by Crippen LogP contribution is 2.23. The van der Waals surface area contributed by atoms with Crippen molar-refractivity contribution in [3.63, 3.8) is 0 Å². The van der Waals surface area contributed by atoms with Crippen molar-refractivity contribution < 1.29 is 4.79 Å². The van der Waals surface area contributed by atoms with Crippen molar-refractivity contribution >= 4 is 17.2 Å². The van der Waals surface area contributed by atoms with E-state index in [4.69, 9.17) is 0 Å². The predicted octanol–water partition coefficient (Wildman–Crippen LogP) is 1.69. The first kappa shape index (κ1) is 13.2. The summed E-state index contributed by atoms with van der Waals surface area (Å²) in [6.45, 7) is 1.88. The number of amides is 1. The minimum absolute atomic E-state index is 0.0432. The minimum atomic E-state index is -0.0432. The molecule has 1 atom stereocenters. The summed E-state index contributed by atoms with van der Waals surface area (Å²) in [5, 5.41) is 7.11. The third-order valence-electron chi connectivity index (χ3n) is 3.25. The van der Waals surface area contributed by atoms with Gasteiger partial charge in [0.2, 0.25) is 0 Å². The van der Waals surface area contributed by atoms with E-state index in [-0.39, 0.29) is 11.9 Å². The number of thiazole rings is 1. The molecule has 1 fully saturated rings. The van der Waals surface area contributed by atoms with Crippen LogP contribution in [0.15, 0.2) is 30.6 Å². The van der Waals surface area contributed by atoms with Gasteiger partial charge in [0.05, 0.1) is 11.9 Å². The second kappa shape index (κ2) is 6.11. The first-order valence-corrected chi connectivity index (χ1v) is 7.53. The zero-order valence-electron chi connectivity index (χ0n) is 11.0. The van der Waals surface area contributed by atoms with Crippen molar-refractivity contribution in [3.8, 4) is 10.7 Å². The topological polar surface area (TPSA) is 66.9 Å². The molecule has 3 rings (SSSR count). The van der Waals surface area contributed by atoms with Crippen molar-refractivity contribution in [1.82, 2.24) is 20.6 Å². The van der Waals surface area contributed by atoms with Gasteiger partial charge in [-0.05, 0) is 31.5 Å². The number of aromatic nitrogens is 2. The van der Waals surface area contributed by atoms with Gasteiger partial charge >= 0.3 is 0 Å². The first-order valence-electron chi connectivity index (χ1n) is 6.72. The number of carbonyl (C=O) groups is 1. The predicted molar refractivity (Wildman–Crippen MR) is 78.7 cm³/mol. The van der Waals surface area contributed by atoms with Crippen LogP contribution >= 0.6 is 11.3 Å². The van der Waals surface area contributed by atoms with E-state index in [0.717, 1.165) is 36.6 Å². The van der Waals surface area contributed by atoms with Gasteiger partial charge in [-0.3, -0.25) is 9.78 Å². The van der Waals surface area contributed by atoms with Crippen LogP contribution in [0.3, 0.4) is 0 Å². The molecule has 5 nitrogen and oxygen atoms in total. The molecule has 0 aromatic carbocycles. The lowest BCUT2D eigenvalue weighted by molar-refractivity contribution is 0.0934. The molecule has 0 aliphatic carbocycles. The summed E-state index contributed by atoms with van der Waals surface area (Å²) in [6, 6.07) is 5.89. The van der Waals surface area contributed by atoms with E-state index in [1.165, 1.54) is 11.3 Å². The SMILES string of the molecule is O=C(NC1CCCNC1)c1cnc(-c2ccccn2)s1. The summed E-state index contributed by atoms with van der Waals surface area (Å²) in [5.74, 6) is -0.0432. The molecule has 1 aliphatic rings. The molecule has 0 saturated carbocycles. The highest BCUT2D eigenvalue weighted by molar-refractivity contribution is 7.16. The monoisotopic (exact) mass is 288 g/mol. The summed E-state index contributed by atoms with van der Waals surface area (Å²) < 4.78 is 0. The molecule has 3 heterocycles. The van der Waals surface area contributed by atoms with Crippen LogP contribution < -0.4 is 10.6 Å². The fourth-order valence-corrected chi connectivity index (χ4v) is 3.01. The van der Waals surface area contributed by atoms with Crippen molar-refractivity contribution in [2.75, 3.05) is 13.1 Å². The van der Waals surface area contributed by atoms with E-state index in [1.54, 1.807) is 12.4 Å². The second-order valence-corrected chi connectivity index (χ2v) is 5.79. The summed E-state index contributed by atoms with van der Waals surface area (Å²) in [7, 11) is 0. The van der Waals surface area contributed by atoms with Gasteiger partial charge in [0.15, 0.2) is 0 Å². The third-order valence-corrected chi connectivity index (χ3v) is 4.26. The fourth-order valence-electron chi connectivity index (χ4n) is 2.22. The smallest absolute Gasteiger partial charge is 0.263 e. The van der Waals surface area contributed by atoms with Gasteiger partial charge in [-0.25, -0.2) is 4.98 Å². The third kappa shape index (κ3) is 3.02. The summed E-state index contributed by atoms with van der Waals surface area (Å²) in [4.78, 5) is 21.3. The lowest BCUT2D eigenvalue weighted by Crippen LogP contribution is -2.45. The van der Waals surface area contributed by atoms with Crippen molar-refractivity contribution in [2.45, 2.75) is 18.9 Å². The Balaban J connectivity index is 1.68. The molecule has 0 spiro atoms. The van der Waals surface area contributed by atoms with Crippen molar-refractivity contribution in [3.05, 3.63) is 35.5 Å². The zero-order chi connectivity index (χ0) is 13.8. The van der Waals surface area contributed by atoms with E-state index >= 15 is 0 Å². The van der Waals surface area contributed by atoms with Gasteiger partial charge in [0.25, 0.3) is 5.91 Å². The molecule has 1 saturated heterocycles. The quantitative estimate of drug-likeness (QED) is 0.902. The van der Waals surface area contributed by atoms with Crippen molar-refractivity contribution in [1.29, 1.82) is 0 Å². The molecule has 1 aliphatic heterocycles. The van der Waals surface area contributed by atoms with Crippen LogP contribution in [-0.2, 0) is 0 Å². The van der Waals surface area contributed by atoms with E-state index in [9.17, 15) is 4.79 Å². The largest absolute Gasteiger partial charge is 0.347 e. The Hall–Kier alpha value is -1.79. The molecule has 20 heavy (non-hydrogen) atoms. The molecular formula is C14H16N4OS. The maximum absolute atomic E-state index is 12.2. The number of hydrogen-bond donors (Lipinski definition) is 2. The molecule has 2 N–H and O–H groups in total. The maximum atomic E-state index is 12.2. The molecule has 2 aromatic heterocycles. The molecular weight excluding hydrogens is 272 g/mol. The first-order chi connectivity index (χ1) is 9.83. The summed E-state index contributed by atoms with van der Waals surface area (Å²) in [5.41, 5.74) is 0.802. The summed E-state index contributed by atoms with van der Waals surface area (Å²) >= 11 is 1.38. The summed E-state index contributed by atoms with van der Waals surface area (Å²) in [6.07, 6.45) is 5.49. The number of nitrogens with one attached hydrogen (secondary N) is 2. The number of nitrogens with zero attached hydrogens (tertiary/aromatic N) is 2. The Morgan fingerprint density at radius 3 is 3.10 bits per heavy atom. The number of carbonyl (C=O) groups excluding carboxylic acids is 1. The molecule has 1 amide bonds. The fraction of sp³-hybridized carbons (Fsp3) is 0.357. The Kier molecular flexibility index (Phi) is 4.03. The van der Waals surface area contributed by atoms with Gasteiger partial charge in [0, 0.05) is 18.8 Å². The van der Waals surface area contributed by atoms with Crippen LogP contribution in [0, 0.1) is 0 Å². The lowest BCUT2D eigenvalue weighted by atomic mass is 10.1. The van der Waals surface area contributed by atoms with Crippen LogP contribution in [0.4, 0.5) is 0 Å². The molecule has 6 heteroatoms. The maximum Gasteiger partial charge on any atom is 0.263 e. The van der Waals surface area contributed by atoms with E-state index in [1.807, 2.05) is 18.2 Å². The van der Waals surface area contributed by atoms with Gasteiger partial charge in [-0.1, -0.05) is 6.07 Å². The zero-order valence-corrected chi connectivity index (χ0v) is 11.8. The average Bonchev–Trinajstić information content (AvgIpc) is 2.99. The van der Waals surface area contributed by atoms with Gasteiger partial charge in [0.1, 0.15) is 9.88 Å². The van der Waals surface area contributed by atoms with Crippen LogP contribution in [-0.4, -0.2) is 35.0 Å². The second-order valence-electron chi connectivity index (χ2n) is 4.76. The Morgan fingerprint density at radius 1 is 1.40 bits per heavy atom. The highest BCUT2D eigenvalue weighted by Gasteiger charge is 2.18. The van der Waals surface area contributed by atoms with Gasteiger partial charge < -0.3 is 10.6 Å². The van der Waals surface area contributed by atoms with Crippen molar-refractivity contribution in [2.24, 2.45) is 0 Å². The average molecular weight is 288 g/mol. The Labute approximate surface area is 121 Å². The van der Waals surface area contributed by atoms with Crippen LogP contribution in [0.2, 0.25) is 0 Å². The molecule has 0 bridgehead atoms. The minimum Gasteiger partial charge on any atom is -0.347 e. The van der Waals surface area contributed by atoms with Crippen LogP contribution in [0.25, 0.3) is 10.7 Å². The van der Waals surface area contributed by atoms with E-state index in [0.29, 0.717) is 4.88 Å². The molecule has 2 aromatic rings. The Morgan fingerprint density at radius 2 is 2.35 bits per heavy atom. The van der Waals surface area contributed by atoms with Crippen LogP contribution in [0.1, 0.15) is 22.5 Å². The highest BCUT2D eigenvalue weighted by atomic mass is 32.1. The Bertz CT molecular complexity index is 578. The standard InChI is InChI=1S/C14H16N4OS/c19-13(18-10-4-3-6-15-8-10)12-9-17-14(20-12)11-5-1-2-7-16-11/h1-2,5,7,9-10,15H,3-4,6,8H2,(H,18,19). The van der Waals surface area contributed by atoms with Crippen LogP contribution in [0.5, 0.6) is 0 Å². The van der Waals surface area contributed by atoms with E-state index in [2.05, 4.69) is 20.6 Å².